The maximum Gasteiger partial charge on any atom is 0.306 e. The van der Waals surface area contributed by atoms with Crippen LogP contribution in [0.4, 0.5) is 15.8 Å². The van der Waals surface area contributed by atoms with Crippen LogP contribution in [0.3, 0.4) is 0 Å². The predicted octanol–water partition coefficient (Wildman–Crippen LogP) is 3.03. The smallest absolute Gasteiger partial charge is 0.306 e. The number of halogens is 1. The molecule has 0 radical (unpaired) electrons. The first-order chi connectivity index (χ1) is 12.4. The zero-order valence-electron chi connectivity index (χ0n) is 14.3. The Kier molecular flexibility index (Phi) is 6.84. The summed E-state index contributed by atoms with van der Waals surface area (Å²) in [6, 6.07) is 12.5. The van der Waals surface area contributed by atoms with Crippen LogP contribution in [0, 0.1) is 12.7 Å². The molecular formula is C19H19FN2O4. The zero-order chi connectivity index (χ0) is 18.9. The Morgan fingerprint density at radius 2 is 1.62 bits per heavy atom. The normalized spacial score (nSPS) is 10.1. The van der Waals surface area contributed by atoms with Gasteiger partial charge in [0.05, 0.1) is 6.42 Å². The number of ether oxygens (including phenoxy) is 1. The summed E-state index contributed by atoms with van der Waals surface area (Å²) >= 11 is 0. The minimum absolute atomic E-state index is 0.0492. The van der Waals surface area contributed by atoms with Crippen molar-refractivity contribution in [1.82, 2.24) is 0 Å². The molecule has 0 unspecified atom stereocenters. The van der Waals surface area contributed by atoms with Crippen LogP contribution in [0.15, 0.2) is 48.5 Å². The van der Waals surface area contributed by atoms with Crippen molar-refractivity contribution in [2.24, 2.45) is 0 Å². The van der Waals surface area contributed by atoms with Crippen molar-refractivity contribution in [2.45, 2.75) is 19.8 Å². The van der Waals surface area contributed by atoms with Gasteiger partial charge in [0.2, 0.25) is 5.91 Å². The third-order valence-corrected chi connectivity index (χ3v) is 3.35. The van der Waals surface area contributed by atoms with Gasteiger partial charge in [0, 0.05) is 17.8 Å². The molecule has 7 heteroatoms. The van der Waals surface area contributed by atoms with E-state index >= 15 is 0 Å². The number of rotatable bonds is 7. The third kappa shape index (κ3) is 6.72. The molecule has 136 valence electrons. The summed E-state index contributed by atoms with van der Waals surface area (Å²) in [5.74, 6) is -1.94. The van der Waals surface area contributed by atoms with E-state index in [9.17, 15) is 18.8 Å². The van der Waals surface area contributed by atoms with E-state index in [-0.39, 0.29) is 18.7 Å². The number of aryl methyl sites for hydroxylation is 1. The highest BCUT2D eigenvalue weighted by molar-refractivity contribution is 5.94. The van der Waals surface area contributed by atoms with Crippen molar-refractivity contribution in [3.05, 3.63) is 59.9 Å². The second-order valence-corrected chi connectivity index (χ2v) is 5.63. The van der Waals surface area contributed by atoms with Crippen molar-refractivity contribution in [3.63, 3.8) is 0 Å². The second kappa shape index (κ2) is 9.31. The van der Waals surface area contributed by atoms with Gasteiger partial charge in [-0.3, -0.25) is 14.4 Å². The van der Waals surface area contributed by atoms with E-state index < -0.39 is 24.3 Å². The molecule has 0 aliphatic carbocycles. The number of nitrogens with one attached hydrogen (secondary N) is 2. The van der Waals surface area contributed by atoms with E-state index in [1.165, 1.54) is 24.3 Å². The molecule has 0 fully saturated rings. The van der Waals surface area contributed by atoms with Gasteiger partial charge < -0.3 is 15.4 Å². The molecule has 0 atom stereocenters. The lowest BCUT2D eigenvalue weighted by atomic mass is 10.2. The Hall–Kier alpha value is -3.22. The first-order valence-electron chi connectivity index (χ1n) is 8.00. The summed E-state index contributed by atoms with van der Waals surface area (Å²) in [7, 11) is 0. The highest BCUT2D eigenvalue weighted by atomic mass is 19.1. The highest BCUT2D eigenvalue weighted by Crippen LogP contribution is 2.10. The minimum atomic E-state index is -0.654. The molecule has 0 aliphatic heterocycles. The first-order valence-corrected chi connectivity index (χ1v) is 8.00. The number of hydrogen-bond donors (Lipinski definition) is 2. The fourth-order valence-electron chi connectivity index (χ4n) is 2.11. The predicted molar refractivity (Wildman–Crippen MR) is 95.0 cm³/mol. The van der Waals surface area contributed by atoms with E-state index in [1.54, 1.807) is 6.07 Å². The SMILES string of the molecule is Cc1cccc(NC(=O)CCC(=O)OCC(=O)Nc2ccc(F)cc2)c1. The standard InChI is InChI=1S/C19H19FN2O4/c1-13-3-2-4-16(11-13)22-17(23)9-10-19(25)26-12-18(24)21-15-7-5-14(20)6-8-15/h2-8,11H,9-10,12H2,1H3,(H,21,24)(H,22,23). The number of benzene rings is 2. The molecule has 0 saturated carbocycles. The number of anilines is 2. The number of carbonyl (C=O) groups is 3. The Balaban J connectivity index is 1.67. The summed E-state index contributed by atoms with van der Waals surface area (Å²) in [5.41, 5.74) is 2.06. The van der Waals surface area contributed by atoms with Gasteiger partial charge in [-0.15, -0.1) is 0 Å². The van der Waals surface area contributed by atoms with Crippen LogP contribution >= 0.6 is 0 Å². The summed E-state index contributed by atoms with van der Waals surface area (Å²) in [6.45, 7) is 1.43. The van der Waals surface area contributed by atoms with Gasteiger partial charge in [-0.1, -0.05) is 12.1 Å². The van der Waals surface area contributed by atoms with Gasteiger partial charge in [0.15, 0.2) is 6.61 Å². The molecule has 2 rings (SSSR count). The minimum Gasteiger partial charge on any atom is -0.456 e. The molecule has 0 saturated heterocycles. The average Bonchev–Trinajstić information content (AvgIpc) is 2.60. The lowest BCUT2D eigenvalue weighted by Gasteiger charge is -2.07. The summed E-state index contributed by atoms with van der Waals surface area (Å²) in [4.78, 5) is 35.1. The fraction of sp³-hybridized carbons (Fsp3) is 0.211. The van der Waals surface area contributed by atoms with Gasteiger partial charge in [0.1, 0.15) is 5.82 Å². The van der Waals surface area contributed by atoms with E-state index in [1.807, 2.05) is 25.1 Å². The monoisotopic (exact) mass is 358 g/mol. The summed E-state index contributed by atoms with van der Waals surface area (Å²) in [6.07, 6.45) is -0.187. The van der Waals surface area contributed by atoms with Gasteiger partial charge >= 0.3 is 5.97 Å². The number of amides is 2. The quantitative estimate of drug-likeness (QED) is 0.745. The molecule has 2 amide bonds. The van der Waals surface area contributed by atoms with Crippen LogP contribution in [0.25, 0.3) is 0 Å². The Bertz CT molecular complexity index is 790. The third-order valence-electron chi connectivity index (χ3n) is 3.35. The average molecular weight is 358 g/mol. The maximum atomic E-state index is 12.8. The van der Waals surface area contributed by atoms with E-state index in [0.29, 0.717) is 11.4 Å². The van der Waals surface area contributed by atoms with Crippen LogP contribution in [0.5, 0.6) is 0 Å². The molecule has 6 nitrogen and oxygen atoms in total. The molecule has 2 N–H and O–H groups in total. The highest BCUT2D eigenvalue weighted by Gasteiger charge is 2.11. The molecule has 0 heterocycles. The van der Waals surface area contributed by atoms with Gasteiger partial charge in [0.25, 0.3) is 5.91 Å². The number of carbonyl (C=O) groups excluding carboxylic acids is 3. The van der Waals surface area contributed by atoms with Crippen molar-refractivity contribution >= 4 is 29.2 Å². The first kappa shape index (κ1) is 19.1. The number of hydrogen-bond acceptors (Lipinski definition) is 4. The van der Waals surface area contributed by atoms with Crippen molar-refractivity contribution in [1.29, 1.82) is 0 Å². The van der Waals surface area contributed by atoms with Crippen LogP contribution in [0.2, 0.25) is 0 Å². The molecular weight excluding hydrogens is 339 g/mol. The van der Waals surface area contributed by atoms with Crippen molar-refractivity contribution in [3.8, 4) is 0 Å². The van der Waals surface area contributed by atoms with E-state index in [4.69, 9.17) is 4.74 Å². The lowest BCUT2D eigenvalue weighted by Crippen LogP contribution is -2.21. The van der Waals surface area contributed by atoms with Crippen LogP contribution < -0.4 is 10.6 Å². The van der Waals surface area contributed by atoms with Gasteiger partial charge in [-0.2, -0.15) is 0 Å². The molecule has 2 aromatic rings. The van der Waals surface area contributed by atoms with Crippen molar-refractivity contribution < 1.29 is 23.5 Å². The zero-order valence-corrected chi connectivity index (χ0v) is 14.3. The summed E-state index contributed by atoms with van der Waals surface area (Å²) in [5, 5.41) is 5.15. The molecule has 0 aliphatic rings. The summed E-state index contributed by atoms with van der Waals surface area (Å²) < 4.78 is 17.6. The largest absolute Gasteiger partial charge is 0.456 e. The number of esters is 1. The van der Waals surface area contributed by atoms with Crippen LogP contribution in [-0.2, 0) is 19.1 Å². The van der Waals surface area contributed by atoms with E-state index in [2.05, 4.69) is 10.6 Å². The molecule has 0 bridgehead atoms. The van der Waals surface area contributed by atoms with Gasteiger partial charge in [-0.25, -0.2) is 4.39 Å². The maximum absolute atomic E-state index is 12.8. The van der Waals surface area contributed by atoms with Gasteiger partial charge in [-0.05, 0) is 48.9 Å². The van der Waals surface area contributed by atoms with Crippen LogP contribution in [0.1, 0.15) is 18.4 Å². The van der Waals surface area contributed by atoms with Crippen LogP contribution in [-0.4, -0.2) is 24.4 Å². The Labute approximate surface area is 150 Å². The fourth-order valence-corrected chi connectivity index (χ4v) is 2.11. The molecule has 0 spiro atoms. The molecule has 2 aromatic carbocycles. The Morgan fingerprint density at radius 1 is 0.923 bits per heavy atom. The molecule has 0 aromatic heterocycles. The molecule has 26 heavy (non-hydrogen) atoms. The Morgan fingerprint density at radius 3 is 2.31 bits per heavy atom. The topological polar surface area (TPSA) is 84.5 Å². The van der Waals surface area contributed by atoms with Crippen molar-refractivity contribution in [2.75, 3.05) is 17.2 Å². The second-order valence-electron chi connectivity index (χ2n) is 5.63. The lowest BCUT2D eigenvalue weighted by molar-refractivity contribution is -0.147. The van der Waals surface area contributed by atoms with E-state index in [0.717, 1.165) is 5.56 Å².